The fraction of sp³-hybridized carbons (Fsp3) is 0.364. The molecule has 0 bridgehead atoms. The van der Waals surface area contributed by atoms with Gasteiger partial charge in [-0.25, -0.2) is 0 Å². The van der Waals surface area contributed by atoms with E-state index < -0.39 is 5.38 Å². The van der Waals surface area contributed by atoms with Gasteiger partial charge in [0.25, 0.3) is 0 Å². The Kier molecular flexibility index (Phi) is 4.00. The van der Waals surface area contributed by atoms with Crippen molar-refractivity contribution in [3.63, 3.8) is 0 Å². The van der Waals surface area contributed by atoms with Crippen LogP contribution < -0.4 is 5.32 Å². The van der Waals surface area contributed by atoms with Gasteiger partial charge in [0.05, 0.1) is 10.7 Å². The van der Waals surface area contributed by atoms with Gasteiger partial charge in [0.2, 0.25) is 5.91 Å². The molecule has 2 nitrogen and oxygen atoms in total. The zero-order chi connectivity index (χ0) is 11.6. The molecule has 0 aliphatic rings. The van der Waals surface area contributed by atoms with Crippen LogP contribution in [0, 0.1) is 13.8 Å². The maximum absolute atomic E-state index is 11.4. The minimum Gasteiger partial charge on any atom is -0.323 e. The third-order valence-electron chi connectivity index (χ3n) is 2.04. The van der Waals surface area contributed by atoms with Crippen molar-refractivity contribution in [1.82, 2.24) is 0 Å². The van der Waals surface area contributed by atoms with E-state index in [1.54, 1.807) is 6.92 Å². The van der Waals surface area contributed by atoms with Crippen molar-refractivity contribution in [2.24, 2.45) is 0 Å². The van der Waals surface area contributed by atoms with E-state index in [4.69, 9.17) is 23.2 Å². The lowest BCUT2D eigenvalue weighted by Gasteiger charge is -2.12. The summed E-state index contributed by atoms with van der Waals surface area (Å²) in [7, 11) is 0. The van der Waals surface area contributed by atoms with Crippen molar-refractivity contribution in [1.29, 1.82) is 0 Å². The maximum Gasteiger partial charge on any atom is 0.242 e. The first-order chi connectivity index (χ1) is 6.91. The number of benzene rings is 1. The molecule has 1 amide bonds. The van der Waals surface area contributed by atoms with E-state index in [-0.39, 0.29) is 5.91 Å². The number of carbonyl (C=O) groups is 1. The first kappa shape index (κ1) is 12.3. The quantitative estimate of drug-likeness (QED) is 0.794. The fourth-order valence-corrected chi connectivity index (χ4v) is 1.72. The lowest BCUT2D eigenvalue weighted by Crippen LogP contribution is -2.21. The third-order valence-corrected chi connectivity index (χ3v) is 2.54. The molecule has 0 saturated carbocycles. The highest BCUT2D eigenvalue weighted by Crippen LogP contribution is 2.27. The number of halogens is 2. The standard InChI is InChI=1S/C11H13Cl2NO/c1-6-4-7(2)10(9(13)5-6)14-11(15)8(3)12/h4-5,8H,1-3H3,(H,14,15)/t8-/m1/s1. The number of hydrogen-bond acceptors (Lipinski definition) is 1. The van der Waals surface area contributed by atoms with Crippen LogP contribution in [0.1, 0.15) is 18.1 Å². The molecule has 0 radical (unpaired) electrons. The van der Waals surface area contributed by atoms with Crippen LogP contribution in [0.15, 0.2) is 12.1 Å². The van der Waals surface area contributed by atoms with E-state index in [2.05, 4.69) is 5.32 Å². The topological polar surface area (TPSA) is 29.1 Å². The Labute approximate surface area is 99.6 Å². The van der Waals surface area contributed by atoms with Crippen molar-refractivity contribution < 1.29 is 4.79 Å². The Morgan fingerprint density at radius 1 is 1.40 bits per heavy atom. The number of rotatable bonds is 2. The Balaban J connectivity index is 3.00. The van der Waals surface area contributed by atoms with Gasteiger partial charge in [-0.1, -0.05) is 17.7 Å². The van der Waals surface area contributed by atoms with Gasteiger partial charge in [-0.15, -0.1) is 11.6 Å². The molecule has 1 aromatic rings. The first-order valence-corrected chi connectivity index (χ1v) is 5.45. The van der Waals surface area contributed by atoms with Gasteiger partial charge < -0.3 is 5.32 Å². The highest BCUT2D eigenvalue weighted by Gasteiger charge is 2.13. The van der Waals surface area contributed by atoms with E-state index in [1.807, 2.05) is 26.0 Å². The molecule has 0 saturated heterocycles. The molecule has 1 rings (SSSR count). The van der Waals surface area contributed by atoms with Gasteiger partial charge in [-0.3, -0.25) is 4.79 Å². The lowest BCUT2D eigenvalue weighted by molar-refractivity contribution is -0.115. The summed E-state index contributed by atoms with van der Waals surface area (Å²) in [6, 6.07) is 3.77. The highest BCUT2D eigenvalue weighted by molar-refractivity contribution is 6.35. The lowest BCUT2D eigenvalue weighted by atomic mass is 10.1. The van der Waals surface area contributed by atoms with Crippen molar-refractivity contribution in [2.75, 3.05) is 5.32 Å². The molecule has 1 N–H and O–H groups in total. The summed E-state index contributed by atoms with van der Waals surface area (Å²) in [5.41, 5.74) is 2.64. The zero-order valence-corrected chi connectivity index (χ0v) is 10.4. The molecule has 0 aliphatic carbocycles. The average Bonchev–Trinajstić information content (AvgIpc) is 2.10. The Morgan fingerprint density at radius 2 is 2.00 bits per heavy atom. The molecule has 0 aliphatic heterocycles. The summed E-state index contributed by atoms with van der Waals surface area (Å²) in [4.78, 5) is 11.4. The van der Waals surface area contributed by atoms with Gasteiger partial charge in [-0.05, 0) is 38.0 Å². The number of aryl methyl sites for hydroxylation is 2. The van der Waals surface area contributed by atoms with E-state index in [0.717, 1.165) is 11.1 Å². The van der Waals surface area contributed by atoms with Gasteiger partial charge in [0, 0.05) is 0 Å². The molecule has 1 aromatic carbocycles. The van der Waals surface area contributed by atoms with Crippen molar-refractivity contribution in [3.8, 4) is 0 Å². The molecular weight excluding hydrogens is 233 g/mol. The summed E-state index contributed by atoms with van der Waals surface area (Å²) in [6.45, 7) is 5.47. The van der Waals surface area contributed by atoms with Crippen LogP contribution in [0.5, 0.6) is 0 Å². The first-order valence-electron chi connectivity index (χ1n) is 4.63. The van der Waals surface area contributed by atoms with Crippen LogP contribution in [-0.2, 0) is 4.79 Å². The molecule has 1 atom stereocenters. The summed E-state index contributed by atoms with van der Waals surface area (Å²) < 4.78 is 0. The molecule has 0 unspecified atom stereocenters. The predicted octanol–water partition coefficient (Wildman–Crippen LogP) is 3.52. The van der Waals surface area contributed by atoms with Gasteiger partial charge in [0.15, 0.2) is 0 Å². The monoisotopic (exact) mass is 245 g/mol. The SMILES string of the molecule is Cc1cc(C)c(NC(=O)[C@@H](C)Cl)c(Cl)c1. The van der Waals surface area contributed by atoms with Crippen LogP contribution in [0.4, 0.5) is 5.69 Å². The summed E-state index contributed by atoms with van der Waals surface area (Å²) in [5, 5.41) is 2.67. The van der Waals surface area contributed by atoms with Crippen LogP contribution in [-0.4, -0.2) is 11.3 Å². The van der Waals surface area contributed by atoms with Crippen LogP contribution >= 0.6 is 23.2 Å². The fourth-order valence-electron chi connectivity index (χ4n) is 1.30. The van der Waals surface area contributed by atoms with Crippen molar-refractivity contribution in [2.45, 2.75) is 26.1 Å². The van der Waals surface area contributed by atoms with E-state index in [9.17, 15) is 4.79 Å². The number of hydrogen-bond donors (Lipinski definition) is 1. The second-order valence-electron chi connectivity index (χ2n) is 3.54. The second kappa shape index (κ2) is 4.86. The number of nitrogens with one attached hydrogen (secondary N) is 1. The summed E-state index contributed by atoms with van der Waals surface area (Å²) >= 11 is 11.7. The van der Waals surface area contributed by atoms with Crippen LogP contribution in [0.2, 0.25) is 5.02 Å². The minimum atomic E-state index is -0.568. The van der Waals surface area contributed by atoms with E-state index >= 15 is 0 Å². The van der Waals surface area contributed by atoms with Crippen molar-refractivity contribution in [3.05, 3.63) is 28.3 Å². The molecular formula is C11H13Cl2NO. The number of carbonyl (C=O) groups excluding carboxylic acids is 1. The van der Waals surface area contributed by atoms with Gasteiger partial charge in [-0.2, -0.15) is 0 Å². The molecule has 0 heterocycles. The van der Waals surface area contributed by atoms with E-state index in [1.165, 1.54) is 0 Å². The predicted molar refractivity (Wildman–Crippen MR) is 64.9 cm³/mol. The number of alkyl halides is 1. The van der Waals surface area contributed by atoms with E-state index in [0.29, 0.717) is 10.7 Å². The minimum absolute atomic E-state index is 0.245. The second-order valence-corrected chi connectivity index (χ2v) is 4.61. The molecule has 0 fully saturated rings. The van der Waals surface area contributed by atoms with Gasteiger partial charge >= 0.3 is 0 Å². The molecule has 82 valence electrons. The summed E-state index contributed by atoms with van der Waals surface area (Å²) in [5.74, 6) is -0.245. The van der Waals surface area contributed by atoms with Crippen molar-refractivity contribution >= 4 is 34.8 Å². The van der Waals surface area contributed by atoms with Gasteiger partial charge in [0.1, 0.15) is 5.38 Å². The Bertz CT molecular complexity index is 365. The smallest absolute Gasteiger partial charge is 0.242 e. The largest absolute Gasteiger partial charge is 0.323 e. The normalized spacial score (nSPS) is 12.3. The molecule has 0 spiro atoms. The average molecular weight is 246 g/mol. The molecule has 0 aromatic heterocycles. The van der Waals surface area contributed by atoms with Crippen LogP contribution in [0.3, 0.4) is 0 Å². The summed E-state index contributed by atoms with van der Waals surface area (Å²) in [6.07, 6.45) is 0. The number of anilines is 1. The Hall–Kier alpha value is -0.730. The molecule has 4 heteroatoms. The Morgan fingerprint density at radius 3 is 2.47 bits per heavy atom. The third kappa shape index (κ3) is 3.11. The highest BCUT2D eigenvalue weighted by atomic mass is 35.5. The number of amides is 1. The zero-order valence-electron chi connectivity index (χ0n) is 8.90. The maximum atomic E-state index is 11.4. The molecule has 15 heavy (non-hydrogen) atoms. The van der Waals surface area contributed by atoms with Crippen LogP contribution in [0.25, 0.3) is 0 Å².